The Balaban J connectivity index is 1.83. The van der Waals surface area contributed by atoms with Gasteiger partial charge in [-0.25, -0.2) is 0 Å². The van der Waals surface area contributed by atoms with E-state index in [0.29, 0.717) is 19.1 Å². The zero-order valence-corrected chi connectivity index (χ0v) is 11.3. The topological polar surface area (TPSA) is 86.9 Å². The van der Waals surface area contributed by atoms with Gasteiger partial charge in [-0.05, 0) is 32.4 Å². The Morgan fingerprint density at radius 1 is 1.21 bits per heavy atom. The highest BCUT2D eigenvalue weighted by Crippen LogP contribution is 2.20. The second kappa shape index (κ2) is 6.34. The van der Waals surface area contributed by atoms with E-state index in [-0.39, 0.29) is 12.3 Å². The van der Waals surface area contributed by atoms with Gasteiger partial charge in [0.25, 0.3) is 0 Å². The Labute approximate surface area is 113 Å². The van der Waals surface area contributed by atoms with Crippen molar-refractivity contribution in [1.29, 1.82) is 0 Å². The van der Waals surface area contributed by atoms with Crippen LogP contribution in [0.15, 0.2) is 0 Å². The molecule has 6 nitrogen and oxygen atoms in total. The highest BCUT2D eigenvalue weighted by molar-refractivity contribution is 5.86. The lowest BCUT2D eigenvalue weighted by molar-refractivity contribution is -0.141. The first-order valence-corrected chi connectivity index (χ1v) is 7.08. The number of rotatable bonds is 4. The zero-order chi connectivity index (χ0) is 13.8. The van der Waals surface area contributed by atoms with Crippen molar-refractivity contribution >= 4 is 11.9 Å². The van der Waals surface area contributed by atoms with Crippen LogP contribution in [-0.2, 0) is 9.59 Å². The average Bonchev–Trinajstić information content (AvgIpc) is 2.87. The van der Waals surface area contributed by atoms with Gasteiger partial charge in [-0.15, -0.1) is 0 Å². The van der Waals surface area contributed by atoms with Crippen LogP contribution in [0.2, 0.25) is 0 Å². The Morgan fingerprint density at radius 2 is 1.89 bits per heavy atom. The minimum absolute atomic E-state index is 0.220. The summed E-state index contributed by atoms with van der Waals surface area (Å²) >= 11 is 0. The molecule has 108 valence electrons. The van der Waals surface area contributed by atoms with Crippen molar-refractivity contribution in [2.45, 2.75) is 44.2 Å². The van der Waals surface area contributed by atoms with Crippen LogP contribution in [0.1, 0.15) is 32.1 Å². The normalized spacial score (nSPS) is 26.4. The predicted molar refractivity (Wildman–Crippen MR) is 70.6 cm³/mol. The number of likely N-dealkylation sites (tertiary alicyclic amines) is 2. The molecule has 0 spiro atoms. The summed E-state index contributed by atoms with van der Waals surface area (Å²) in [4.78, 5) is 26.8. The molecule has 3 N–H and O–H groups in total. The molecule has 1 amide bonds. The molecule has 2 unspecified atom stereocenters. The van der Waals surface area contributed by atoms with E-state index >= 15 is 0 Å². The number of aliphatic carboxylic acids is 1. The number of nitrogens with two attached hydrogens (primary N) is 1. The molecule has 0 radical (unpaired) electrons. The molecule has 2 aliphatic rings. The summed E-state index contributed by atoms with van der Waals surface area (Å²) in [6.07, 6.45) is 4.47. The van der Waals surface area contributed by atoms with Gasteiger partial charge in [-0.2, -0.15) is 0 Å². The van der Waals surface area contributed by atoms with Gasteiger partial charge < -0.3 is 15.7 Å². The van der Waals surface area contributed by atoms with E-state index in [4.69, 9.17) is 10.8 Å². The van der Waals surface area contributed by atoms with Crippen LogP contribution in [0.5, 0.6) is 0 Å². The quantitative estimate of drug-likeness (QED) is 0.742. The van der Waals surface area contributed by atoms with Gasteiger partial charge in [-0.3, -0.25) is 14.5 Å². The van der Waals surface area contributed by atoms with Crippen LogP contribution in [0, 0.1) is 0 Å². The van der Waals surface area contributed by atoms with Crippen LogP contribution in [0.3, 0.4) is 0 Å². The van der Waals surface area contributed by atoms with E-state index in [0.717, 1.165) is 19.5 Å². The summed E-state index contributed by atoms with van der Waals surface area (Å²) in [7, 11) is 0. The third-order valence-electron chi connectivity index (χ3n) is 4.09. The van der Waals surface area contributed by atoms with Gasteiger partial charge in [-0.1, -0.05) is 6.42 Å². The second-order valence-corrected chi connectivity index (χ2v) is 5.53. The van der Waals surface area contributed by atoms with Crippen LogP contribution in [-0.4, -0.2) is 65.0 Å². The summed E-state index contributed by atoms with van der Waals surface area (Å²) in [6, 6.07) is -0.473. The minimum atomic E-state index is -1.02. The van der Waals surface area contributed by atoms with Gasteiger partial charge in [0.15, 0.2) is 0 Å². The van der Waals surface area contributed by atoms with Crippen molar-refractivity contribution in [3.05, 3.63) is 0 Å². The van der Waals surface area contributed by atoms with Crippen molar-refractivity contribution in [1.82, 2.24) is 9.80 Å². The first kappa shape index (κ1) is 14.3. The monoisotopic (exact) mass is 269 g/mol. The molecule has 0 aromatic rings. The summed E-state index contributed by atoms with van der Waals surface area (Å²) < 4.78 is 0. The van der Waals surface area contributed by atoms with Gasteiger partial charge in [0.05, 0.1) is 12.5 Å². The maximum absolute atomic E-state index is 12.0. The molecule has 2 heterocycles. The Kier molecular flexibility index (Phi) is 4.76. The number of amides is 1. The third kappa shape index (κ3) is 3.67. The fourth-order valence-electron chi connectivity index (χ4n) is 3.03. The number of piperidine rings is 1. The van der Waals surface area contributed by atoms with Gasteiger partial charge in [0.2, 0.25) is 5.91 Å². The fourth-order valence-corrected chi connectivity index (χ4v) is 3.03. The molecular formula is C13H23N3O3. The van der Waals surface area contributed by atoms with Crippen LogP contribution >= 0.6 is 0 Å². The maximum atomic E-state index is 12.0. The van der Waals surface area contributed by atoms with Crippen molar-refractivity contribution in [2.75, 3.05) is 26.2 Å². The summed E-state index contributed by atoms with van der Waals surface area (Å²) in [5.74, 6) is -1.24. The molecule has 0 aromatic heterocycles. The van der Waals surface area contributed by atoms with Crippen LogP contribution in [0.4, 0.5) is 0 Å². The average molecular weight is 269 g/mol. The first-order chi connectivity index (χ1) is 9.08. The van der Waals surface area contributed by atoms with Crippen molar-refractivity contribution in [2.24, 2.45) is 5.73 Å². The molecule has 2 atom stereocenters. The maximum Gasteiger partial charge on any atom is 0.305 e. The smallest absolute Gasteiger partial charge is 0.305 e. The highest BCUT2D eigenvalue weighted by Gasteiger charge is 2.33. The Hall–Kier alpha value is -1.14. The SMILES string of the molecule is NC(CC(=O)O)C(=O)N1CCC(N2CCCCC2)C1. The van der Waals surface area contributed by atoms with E-state index in [1.54, 1.807) is 4.90 Å². The molecule has 0 aromatic carbocycles. The van der Waals surface area contributed by atoms with E-state index in [1.165, 1.54) is 19.3 Å². The molecule has 2 rings (SSSR count). The number of hydrogen-bond donors (Lipinski definition) is 2. The van der Waals surface area contributed by atoms with Crippen molar-refractivity contribution in [3.63, 3.8) is 0 Å². The van der Waals surface area contributed by atoms with Crippen molar-refractivity contribution < 1.29 is 14.7 Å². The molecular weight excluding hydrogens is 246 g/mol. The number of carboxylic acids is 1. The standard InChI is InChI=1S/C13H23N3O3/c14-11(8-12(17)18)13(19)16-7-4-10(9-16)15-5-2-1-3-6-15/h10-11H,1-9,14H2,(H,17,18). The molecule has 2 fully saturated rings. The lowest BCUT2D eigenvalue weighted by Crippen LogP contribution is -2.46. The van der Waals surface area contributed by atoms with Crippen LogP contribution < -0.4 is 5.73 Å². The van der Waals surface area contributed by atoms with Gasteiger partial charge in [0.1, 0.15) is 0 Å². The zero-order valence-electron chi connectivity index (χ0n) is 11.3. The largest absolute Gasteiger partial charge is 0.481 e. The van der Waals surface area contributed by atoms with Gasteiger partial charge in [0, 0.05) is 19.1 Å². The predicted octanol–water partition coefficient (Wildman–Crippen LogP) is -0.125. The summed E-state index contributed by atoms with van der Waals surface area (Å²) in [5, 5.41) is 8.67. The second-order valence-electron chi connectivity index (χ2n) is 5.53. The molecule has 19 heavy (non-hydrogen) atoms. The lowest BCUT2D eigenvalue weighted by atomic mass is 10.1. The Morgan fingerprint density at radius 3 is 2.53 bits per heavy atom. The van der Waals surface area contributed by atoms with Crippen molar-refractivity contribution in [3.8, 4) is 0 Å². The number of hydrogen-bond acceptors (Lipinski definition) is 4. The third-order valence-corrected chi connectivity index (χ3v) is 4.09. The lowest BCUT2D eigenvalue weighted by Gasteiger charge is -2.32. The first-order valence-electron chi connectivity index (χ1n) is 7.08. The molecule has 2 aliphatic heterocycles. The number of carbonyl (C=O) groups is 2. The molecule has 0 aliphatic carbocycles. The van der Waals surface area contributed by atoms with E-state index < -0.39 is 12.0 Å². The number of carbonyl (C=O) groups excluding carboxylic acids is 1. The van der Waals surface area contributed by atoms with Crippen LogP contribution in [0.25, 0.3) is 0 Å². The van der Waals surface area contributed by atoms with E-state index in [1.807, 2.05) is 0 Å². The minimum Gasteiger partial charge on any atom is -0.481 e. The van der Waals surface area contributed by atoms with E-state index in [9.17, 15) is 9.59 Å². The summed E-state index contributed by atoms with van der Waals surface area (Å²) in [6.45, 7) is 3.64. The summed E-state index contributed by atoms with van der Waals surface area (Å²) in [5.41, 5.74) is 5.64. The Bertz CT molecular complexity index is 342. The number of nitrogens with zero attached hydrogens (tertiary/aromatic N) is 2. The molecule has 2 saturated heterocycles. The van der Waals surface area contributed by atoms with E-state index in [2.05, 4.69) is 4.90 Å². The fraction of sp³-hybridized carbons (Fsp3) is 0.846. The van der Waals surface area contributed by atoms with Gasteiger partial charge >= 0.3 is 5.97 Å². The molecule has 0 saturated carbocycles. The molecule has 0 bridgehead atoms. The molecule has 6 heteroatoms. The number of carboxylic acid groups (broad SMARTS) is 1. The highest BCUT2D eigenvalue weighted by atomic mass is 16.4.